The number of nitrogens with zero attached hydrogens (tertiary/aromatic N) is 4. The molecular formula is C28H28F3N4O4P. The maximum Gasteiger partial charge on any atom is 0.573 e. The van der Waals surface area contributed by atoms with Crippen LogP contribution in [0.2, 0.25) is 0 Å². The summed E-state index contributed by atoms with van der Waals surface area (Å²) in [5.74, 6) is 0.774. The molecule has 0 atom stereocenters. The SMILES string of the molecule is CC(C)(P=O)n1cc(CCCCc2ccc(OCc3coc(/C=C/c4ccc(OC(F)(F)F)cc4)n3)cc2)nn1. The van der Waals surface area contributed by atoms with Crippen LogP contribution in [0.1, 0.15) is 55.1 Å². The van der Waals surface area contributed by atoms with E-state index in [0.717, 1.165) is 31.4 Å². The van der Waals surface area contributed by atoms with Gasteiger partial charge in [-0.15, -0.1) is 18.3 Å². The van der Waals surface area contributed by atoms with Crippen LogP contribution in [-0.2, 0) is 29.3 Å². The normalized spacial score (nSPS) is 12.3. The van der Waals surface area contributed by atoms with Crippen molar-refractivity contribution in [1.29, 1.82) is 0 Å². The summed E-state index contributed by atoms with van der Waals surface area (Å²) < 4.78 is 64.8. The van der Waals surface area contributed by atoms with Crippen molar-refractivity contribution >= 4 is 20.6 Å². The maximum absolute atomic E-state index is 12.3. The number of aryl methyl sites for hydroxylation is 2. The number of alkyl halides is 3. The molecule has 4 rings (SSSR count). The van der Waals surface area contributed by atoms with E-state index in [-0.39, 0.29) is 20.8 Å². The van der Waals surface area contributed by atoms with Crippen LogP contribution in [0.4, 0.5) is 13.2 Å². The van der Waals surface area contributed by atoms with Gasteiger partial charge in [0, 0.05) is 12.3 Å². The number of aromatic nitrogens is 4. The summed E-state index contributed by atoms with van der Waals surface area (Å²) in [6.07, 6.45) is 5.61. The molecule has 0 radical (unpaired) electrons. The van der Waals surface area contributed by atoms with E-state index in [1.54, 1.807) is 16.8 Å². The fraction of sp³-hybridized carbons (Fsp3) is 0.321. The molecule has 0 aliphatic carbocycles. The van der Waals surface area contributed by atoms with Gasteiger partial charge in [0.1, 0.15) is 35.3 Å². The predicted octanol–water partition coefficient (Wildman–Crippen LogP) is 7.46. The molecule has 0 unspecified atom stereocenters. The Labute approximate surface area is 231 Å². The lowest BCUT2D eigenvalue weighted by molar-refractivity contribution is -0.274. The van der Waals surface area contributed by atoms with Gasteiger partial charge in [-0.3, -0.25) is 4.57 Å². The van der Waals surface area contributed by atoms with Crippen molar-refractivity contribution in [2.75, 3.05) is 0 Å². The van der Waals surface area contributed by atoms with Gasteiger partial charge in [0.15, 0.2) is 8.46 Å². The minimum Gasteiger partial charge on any atom is -0.487 e. The zero-order valence-electron chi connectivity index (χ0n) is 22.0. The molecule has 12 heteroatoms. The van der Waals surface area contributed by atoms with Crippen LogP contribution >= 0.6 is 8.46 Å². The van der Waals surface area contributed by atoms with Crippen LogP contribution in [0.5, 0.6) is 11.5 Å². The van der Waals surface area contributed by atoms with E-state index >= 15 is 0 Å². The molecule has 0 saturated heterocycles. The second-order valence-electron chi connectivity index (χ2n) is 9.51. The van der Waals surface area contributed by atoms with Gasteiger partial charge in [-0.25, -0.2) is 9.67 Å². The number of halogens is 3. The molecule has 0 saturated carbocycles. The Balaban J connectivity index is 1.18. The smallest absolute Gasteiger partial charge is 0.487 e. The van der Waals surface area contributed by atoms with Crippen molar-refractivity contribution in [1.82, 2.24) is 20.0 Å². The molecule has 8 nitrogen and oxygen atoms in total. The molecule has 2 aromatic carbocycles. The van der Waals surface area contributed by atoms with E-state index in [4.69, 9.17) is 9.15 Å². The average molecular weight is 573 g/mol. The van der Waals surface area contributed by atoms with Crippen molar-refractivity contribution < 1.29 is 31.6 Å². The molecule has 0 aliphatic rings. The Bertz CT molecular complexity index is 1410. The third-order valence-electron chi connectivity index (χ3n) is 5.88. The number of hydrogen-bond donors (Lipinski definition) is 0. The first-order valence-corrected chi connectivity index (χ1v) is 13.4. The first kappa shape index (κ1) is 29.0. The fourth-order valence-electron chi connectivity index (χ4n) is 3.68. The molecule has 2 aromatic heterocycles. The Morgan fingerprint density at radius 3 is 2.35 bits per heavy atom. The molecule has 0 amide bonds. The summed E-state index contributed by atoms with van der Waals surface area (Å²) >= 11 is 0. The van der Waals surface area contributed by atoms with Crippen LogP contribution < -0.4 is 9.47 Å². The highest BCUT2D eigenvalue weighted by atomic mass is 31.1. The largest absolute Gasteiger partial charge is 0.573 e. The molecule has 2 heterocycles. The summed E-state index contributed by atoms with van der Waals surface area (Å²) in [5, 5.41) is 7.65. The van der Waals surface area contributed by atoms with Crippen molar-refractivity contribution in [3.05, 3.63) is 89.4 Å². The molecule has 0 aliphatic heterocycles. The molecular weight excluding hydrogens is 544 g/mol. The number of unbranched alkanes of at least 4 members (excludes halogenated alkanes) is 1. The van der Waals surface area contributed by atoms with Crippen LogP contribution in [0.3, 0.4) is 0 Å². The Hall–Kier alpha value is -3.98. The van der Waals surface area contributed by atoms with Crippen molar-refractivity contribution in [3.8, 4) is 11.5 Å². The van der Waals surface area contributed by atoms with E-state index in [9.17, 15) is 17.7 Å². The molecule has 0 spiro atoms. The number of hydrogen-bond acceptors (Lipinski definition) is 7. The first-order valence-electron chi connectivity index (χ1n) is 12.6. The average Bonchev–Trinajstić information content (AvgIpc) is 3.60. The van der Waals surface area contributed by atoms with E-state index < -0.39 is 11.6 Å². The maximum atomic E-state index is 12.3. The summed E-state index contributed by atoms with van der Waals surface area (Å²) in [6.45, 7) is 3.90. The number of ether oxygens (including phenoxy) is 2. The fourth-order valence-corrected chi connectivity index (χ4v) is 3.86. The summed E-state index contributed by atoms with van der Waals surface area (Å²) in [7, 11) is -0.00425. The third kappa shape index (κ3) is 8.77. The molecule has 0 fully saturated rings. The van der Waals surface area contributed by atoms with Gasteiger partial charge >= 0.3 is 6.36 Å². The van der Waals surface area contributed by atoms with E-state index in [2.05, 4.69) is 20.0 Å². The Morgan fingerprint density at radius 1 is 0.950 bits per heavy atom. The van der Waals surface area contributed by atoms with Gasteiger partial charge in [0.05, 0.1) is 5.69 Å². The van der Waals surface area contributed by atoms with Gasteiger partial charge in [-0.1, -0.05) is 29.5 Å². The lowest BCUT2D eigenvalue weighted by Crippen LogP contribution is -2.19. The van der Waals surface area contributed by atoms with E-state index in [0.29, 0.717) is 22.9 Å². The van der Waals surface area contributed by atoms with Crippen LogP contribution in [0, 0.1) is 0 Å². The lowest BCUT2D eigenvalue weighted by atomic mass is 10.1. The number of rotatable bonds is 13. The quantitative estimate of drug-likeness (QED) is 0.121. The van der Waals surface area contributed by atoms with Gasteiger partial charge in [-0.05, 0) is 81.0 Å². The second-order valence-corrected chi connectivity index (χ2v) is 10.8. The molecule has 0 N–H and O–H groups in total. The topological polar surface area (TPSA) is 92.3 Å². The van der Waals surface area contributed by atoms with Gasteiger partial charge in [-0.2, -0.15) is 0 Å². The lowest BCUT2D eigenvalue weighted by Gasteiger charge is -2.14. The van der Waals surface area contributed by atoms with E-state index in [1.807, 2.05) is 44.3 Å². The number of benzene rings is 2. The van der Waals surface area contributed by atoms with Crippen molar-refractivity contribution in [2.45, 2.75) is 57.8 Å². The molecule has 40 heavy (non-hydrogen) atoms. The highest BCUT2D eigenvalue weighted by Crippen LogP contribution is 2.27. The van der Waals surface area contributed by atoms with Gasteiger partial charge < -0.3 is 13.9 Å². The zero-order valence-corrected chi connectivity index (χ0v) is 22.9. The first-order chi connectivity index (χ1) is 19.1. The Morgan fingerprint density at radius 2 is 1.65 bits per heavy atom. The summed E-state index contributed by atoms with van der Waals surface area (Å²) in [4.78, 5) is 4.34. The van der Waals surface area contributed by atoms with Gasteiger partial charge in [0.2, 0.25) is 5.89 Å². The highest BCUT2D eigenvalue weighted by molar-refractivity contribution is 7.24. The van der Waals surface area contributed by atoms with Crippen LogP contribution in [0.25, 0.3) is 12.2 Å². The minimum atomic E-state index is -4.72. The highest BCUT2D eigenvalue weighted by Gasteiger charge is 2.30. The summed E-state index contributed by atoms with van der Waals surface area (Å²) in [6, 6.07) is 13.4. The second kappa shape index (κ2) is 12.9. The van der Waals surface area contributed by atoms with Crippen LogP contribution in [0.15, 0.2) is 65.4 Å². The minimum absolute atomic E-state index is 0.00425. The monoisotopic (exact) mass is 572 g/mol. The van der Waals surface area contributed by atoms with Crippen molar-refractivity contribution in [2.24, 2.45) is 0 Å². The molecule has 210 valence electrons. The Kier molecular flexibility index (Phi) is 9.37. The zero-order chi connectivity index (χ0) is 28.6. The van der Waals surface area contributed by atoms with E-state index in [1.165, 1.54) is 36.1 Å². The predicted molar refractivity (Wildman–Crippen MR) is 143 cm³/mol. The third-order valence-corrected chi connectivity index (χ3v) is 6.54. The molecule has 4 aromatic rings. The summed E-state index contributed by atoms with van der Waals surface area (Å²) in [5.41, 5.74) is 3.36. The van der Waals surface area contributed by atoms with Crippen molar-refractivity contribution in [3.63, 3.8) is 0 Å². The van der Waals surface area contributed by atoms with Gasteiger partial charge in [0.25, 0.3) is 0 Å². The van der Waals surface area contributed by atoms with Crippen LogP contribution in [-0.4, -0.2) is 26.3 Å². The standard InChI is InChI=1S/C28H28F3N4O4P/c1-27(2,40-36)35-17-22(33-34-35)6-4-3-5-20-7-12-24(13-8-20)37-18-23-19-38-26(32-23)16-11-21-9-14-25(15-10-21)39-28(29,30)31/h7-17,19H,3-6,18H2,1-2H3/b16-11+. The number of oxazole rings is 1. The molecule has 0 bridgehead atoms.